The molecule has 2 unspecified atom stereocenters. The van der Waals surface area contributed by atoms with Gasteiger partial charge >= 0.3 is 6.03 Å². The number of nitrogens with one attached hydrogen (secondary N) is 1. The van der Waals surface area contributed by atoms with Crippen molar-refractivity contribution in [2.75, 3.05) is 18.6 Å². The van der Waals surface area contributed by atoms with Crippen molar-refractivity contribution < 1.29 is 19.1 Å². The van der Waals surface area contributed by atoms with Crippen molar-refractivity contribution in [3.05, 3.63) is 59.7 Å². The molecule has 2 fully saturated rings. The molecule has 150 valence electrons. The van der Waals surface area contributed by atoms with E-state index in [1.165, 1.54) is 11.8 Å². The van der Waals surface area contributed by atoms with Gasteiger partial charge in [-0.3, -0.25) is 9.59 Å². The minimum absolute atomic E-state index is 0.0634. The molecule has 2 aliphatic heterocycles. The molecule has 0 bridgehead atoms. The van der Waals surface area contributed by atoms with Gasteiger partial charge in [0.05, 0.1) is 18.8 Å². The standard InChI is InChI=1S/C22H23N3O4/c1-14(26)16-5-7-17(8-6-16)25-21(27)20-19(11-12-23-20)24(22(25)28)13-15-3-9-18(29-2)10-4-15/h3-10,19-20,23H,11-13H2,1-2H3. The highest BCUT2D eigenvalue weighted by Crippen LogP contribution is 2.30. The highest BCUT2D eigenvalue weighted by molar-refractivity contribution is 6.18. The second-order valence-electron chi connectivity index (χ2n) is 7.32. The molecule has 2 aromatic rings. The van der Waals surface area contributed by atoms with E-state index >= 15 is 0 Å². The predicted octanol–water partition coefficient (Wildman–Crippen LogP) is 2.60. The van der Waals surface area contributed by atoms with Crippen molar-refractivity contribution >= 4 is 23.4 Å². The lowest BCUT2D eigenvalue weighted by atomic mass is 10.0. The number of fused-ring (bicyclic) bond motifs is 1. The summed E-state index contributed by atoms with van der Waals surface area (Å²) in [7, 11) is 1.61. The highest BCUT2D eigenvalue weighted by Gasteiger charge is 2.48. The van der Waals surface area contributed by atoms with Gasteiger partial charge in [0.1, 0.15) is 11.8 Å². The number of ketones is 1. The van der Waals surface area contributed by atoms with Crippen molar-refractivity contribution in [3.63, 3.8) is 0 Å². The number of Topliss-reactive ketones (excluding diaryl/α,β-unsaturated/α-hetero) is 1. The lowest BCUT2D eigenvalue weighted by molar-refractivity contribution is -0.122. The van der Waals surface area contributed by atoms with Crippen LogP contribution in [0.4, 0.5) is 10.5 Å². The molecule has 2 aromatic carbocycles. The molecule has 3 amide bonds. The molecule has 7 heteroatoms. The molecule has 0 aromatic heterocycles. The Kier molecular flexibility index (Phi) is 5.07. The Balaban J connectivity index is 1.64. The zero-order valence-electron chi connectivity index (χ0n) is 16.4. The number of anilines is 1. The number of ether oxygens (including phenoxy) is 1. The molecular weight excluding hydrogens is 370 g/mol. The molecule has 7 nitrogen and oxygen atoms in total. The summed E-state index contributed by atoms with van der Waals surface area (Å²) in [5.74, 6) is 0.437. The number of hydrogen-bond acceptors (Lipinski definition) is 5. The van der Waals surface area contributed by atoms with Crippen LogP contribution in [0.25, 0.3) is 0 Å². The molecule has 29 heavy (non-hydrogen) atoms. The van der Waals surface area contributed by atoms with E-state index in [1.807, 2.05) is 24.3 Å². The van der Waals surface area contributed by atoms with Crippen LogP contribution < -0.4 is 15.0 Å². The topological polar surface area (TPSA) is 79.0 Å². The quantitative estimate of drug-likeness (QED) is 0.790. The second kappa shape index (κ2) is 7.67. The van der Waals surface area contributed by atoms with Crippen LogP contribution in [0.15, 0.2) is 48.5 Å². The Morgan fingerprint density at radius 3 is 2.41 bits per heavy atom. The number of methoxy groups -OCH3 is 1. The fraction of sp³-hybridized carbons (Fsp3) is 0.318. The summed E-state index contributed by atoms with van der Waals surface area (Å²) in [5.41, 5.74) is 1.97. The van der Waals surface area contributed by atoms with Crippen molar-refractivity contribution in [3.8, 4) is 5.75 Å². The van der Waals surface area contributed by atoms with E-state index in [-0.39, 0.29) is 23.8 Å². The first-order valence-electron chi connectivity index (χ1n) is 9.61. The van der Waals surface area contributed by atoms with Crippen LogP contribution in [0.2, 0.25) is 0 Å². The van der Waals surface area contributed by atoms with Gasteiger partial charge < -0.3 is 15.0 Å². The first-order valence-corrected chi connectivity index (χ1v) is 9.61. The number of urea groups is 1. The van der Waals surface area contributed by atoms with E-state index in [0.717, 1.165) is 17.7 Å². The number of carbonyl (C=O) groups excluding carboxylic acids is 3. The lowest BCUT2D eigenvalue weighted by Crippen LogP contribution is -2.64. The van der Waals surface area contributed by atoms with Crippen LogP contribution in [-0.2, 0) is 11.3 Å². The fourth-order valence-electron chi connectivity index (χ4n) is 3.98. The van der Waals surface area contributed by atoms with Crippen molar-refractivity contribution in [1.82, 2.24) is 10.2 Å². The summed E-state index contributed by atoms with van der Waals surface area (Å²) < 4.78 is 5.20. The largest absolute Gasteiger partial charge is 0.497 e. The van der Waals surface area contributed by atoms with E-state index < -0.39 is 6.04 Å². The van der Waals surface area contributed by atoms with Crippen molar-refractivity contribution in [2.24, 2.45) is 0 Å². The fourth-order valence-corrected chi connectivity index (χ4v) is 3.98. The van der Waals surface area contributed by atoms with Gasteiger partial charge in [-0.1, -0.05) is 12.1 Å². The number of hydrogen-bond donors (Lipinski definition) is 1. The molecule has 2 heterocycles. The molecule has 1 N–H and O–H groups in total. The maximum Gasteiger partial charge on any atom is 0.332 e. The van der Waals surface area contributed by atoms with Crippen molar-refractivity contribution in [1.29, 1.82) is 0 Å². The first kappa shape index (κ1) is 19.1. The Morgan fingerprint density at radius 2 is 1.79 bits per heavy atom. The van der Waals surface area contributed by atoms with E-state index in [2.05, 4.69) is 5.32 Å². The third-order valence-electron chi connectivity index (χ3n) is 5.56. The van der Waals surface area contributed by atoms with E-state index in [9.17, 15) is 14.4 Å². The minimum Gasteiger partial charge on any atom is -0.497 e. The summed E-state index contributed by atoms with van der Waals surface area (Å²) in [6.45, 7) is 2.57. The average Bonchev–Trinajstić information content (AvgIpc) is 3.22. The molecule has 0 saturated carbocycles. The van der Waals surface area contributed by atoms with Crippen LogP contribution in [0.1, 0.15) is 29.3 Å². The molecule has 4 rings (SSSR count). The Bertz CT molecular complexity index is 940. The van der Waals surface area contributed by atoms with Gasteiger partial charge in [-0.15, -0.1) is 0 Å². The van der Waals surface area contributed by atoms with Crippen molar-refractivity contribution in [2.45, 2.75) is 32.0 Å². The van der Waals surface area contributed by atoms with Crippen LogP contribution in [0.3, 0.4) is 0 Å². The Hall–Kier alpha value is -3.19. The Morgan fingerprint density at radius 1 is 1.10 bits per heavy atom. The number of rotatable bonds is 5. The molecule has 2 atom stereocenters. The molecule has 0 spiro atoms. The van der Waals surface area contributed by atoms with Gasteiger partial charge in [0.25, 0.3) is 5.91 Å². The zero-order valence-corrected chi connectivity index (χ0v) is 16.4. The minimum atomic E-state index is -0.432. The van der Waals surface area contributed by atoms with Gasteiger partial charge in [0, 0.05) is 12.1 Å². The third kappa shape index (κ3) is 3.49. The summed E-state index contributed by atoms with van der Waals surface area (Å²) in [6, 6.07) is 13.2. The van der Waals surface area contributed by atoms with Gasteiger partial charge in [-0.2, -0.15) is 0 Å². The highest BCUT2D eigenvalue weighted by atomic mass is 16.5. The second-order valence-corrected chi connectivity index (χ2v) is 7.32. The SMILES string of the molecule is COc1ccc(CN2C(=O)N(c3ccc(C(C)=O)cc3)C(=O)C3NCCC32)cc1. The smallest absolute Gasteiger partial charge is 0.332 e. The van der Waals surface area contributed by atoms with Gasteiger partial charge in [0.15, 0.2) is 5.78 Å². The van der Waals surface area contributed by atoms with Gasteiger partial charge in [-0.25, -0.2) is 9.69 Å². The number of carbonyl (C=O) groups is 3. The van der Waals surface area contributed by atoms with Gasteiger partial charge in [-0.05, 0) is 61.9 Å². The van der Waals surface area contributed by atoms with E-state index in [0.29, 0.717) is 24.3 Å². The summed E-state index contributed by atoms with van der Waals surface area (Å²) in [6.07, 6.45) is 0.732. The molecular formula is C22H23N3O4. The van der Waals surface area contributed by atoms with Crippen LogP contribution in [0, 0.1) is 0 Å². The first-order chi connectivity index (χ1) is 14.0. The number of imide groups is 1. The van der Waals surface area contributed by atoms with E-state index in [4.69, 9.17) is 4.74 Å². The third-order valence-corrected chi connectivity index (χ3v) is 5.56. The Labute approximate surface area is 169 Å². The summed E-state index contributed by atoms with van der Waals surface area (Å²) in [4.78, 5) is 40.9. The van der Waals surface area contributed by atoms with Gasteiger partial charge in [0.2, 0.25) is 0 Å². The number of benzene rings is 2. The molecule has 2 saturated heterocycles. The monoisotopic (exact) mass is 393 g/mol. The molecule has 2 aliphatic rings. The lowest BCUT2D eigenvalue weighted by Gasteiger charge is -2.41. The summed E-state index contributed by atoms with van der Waals surface area (Å²) >= 11 is 0. The molecule has 0 aliphatic carbocycles. The van der Waals surface area contributed by atoms with E-state index in [1.54, 1.807) is 36.3 Å². The zero-order chi connectivity index (χ0) is 20.5. The number of nitrogens with zero attached hydrogens (tertiary/aromatic N) is 2. The summed E-state index contributed by atoms with van der Waals surface area (Å²) in [5, 5.41) is 3.23. The molecule has 0 radical (unpaired) electrons. The normalized spacial score (nSPS) is 21.3. The van der Waals surface area contributed by atoms with Crippen LogP contribution >= 0.6 is 0 Å². The maximum absolute atomic E-state index is 13.3. The maximum atomic E-state index is 13.3. The number of amides is 3. The van der Waals surface area contributed by atoms with Crippen LogP contribution in [0.5, 0.6) is 5.75 Å². The van der Waals surface area contributed by atoms with Crippen LogP contribution in [-0.4, -0.2) is 48.4 Å². The average molecular weight is 393 g/mol. The predicted molar refractivity (Wildman–Crippen MR) is 108 cm³/mol.